The molecule has 35 nitrogen and oxygen atoms in total. The molecule has 10 atom stereocenters. The largest absolute Gasteiger partial charge is 0.488 e. The molecule has 12 fully saturated rings. The zero-order valence-corrected chi connectivity index (χ0v) is 70.5. The van der Waals surface area contributed by atoms with Gasteiger partial charge in [0, 0.05) is 136 Å². The Bertz CT molecular complexity index is 6240. The van der Waals surface area contributed by atoms with Crippen molar-refractivity contribution in [2.24, 2.45) is 37.3 Å². The van der Waals surface area contributed by atoms with E-state index in [0.717, 1.165) is 52.0 Å². The molecule has 10 aromatic rings. The van der Waals surface area contributed by atoms with Crippen LogP contribution in [0.25, 0.3) is 33.4 Å². The standard InChI is InChI=1S/C87H98F6N24O11/c1-104-73-60(5-3-6-61(73)116(84(104)124)63-15-17-69(118)100-82(63)122)109-43-86(44-109)21-24-107(45-87(86,92)93)36-46-9-12-48(13-10-46)114-40-58(71(102-114)76(88)89)96-81(121)57-35-95-113-23-20-68(99-79(57)113)111-39-54-33-65(111)75(128-54)55-32-49(115-41-59(72(103-115)77(90)91)97-80(120)56-34-94-112-22-19-67(98-78(56)112)110-38-53-31-51(110)42-126-53)14-11-47(55)37-106-25-27-108(28-26-106)50-29-52(30-50)127-66-8-4-7-62-74(66)105(2)85(125)117(62)64-16-18-70(119)101-83(64)123/h3-8,19-20,22-23,34-35,40-41,46-55,63-65,75-77H,9-18,21,24-33,36-39,42-45H2,1-2H3,(H,96,121)(H,97,120)(H,100,118,122)(H,101,119,123)/t46-,47-,48-,49+,50?,51+,52?,53+,54+,55?,63?,64?,65+,75?/m0/s1. The fourth-order valence-electron chi connectivity index (χ4n) is 23.3. The number of fused-ring (bicyclic) bond motifs is 8. The maximum Gasteiger partial charge on any atom is 0.329 e. The number of hydrogen-bond acceptors (Lipinski definition) is 23. The highest BCUT2D eigenvalue weighted by Gasteiger charge is 2.63. The van der Waals surface area contributed by atoms with Gasteiger partial charge in [0.1, 0.15) is 52.2 Å². The van der Waals surface area contributed by atoms with Crippen molar-refractivity contribution in [1.82, 2.24) is 92.4 Å². The number of aromatic nitrogens is 14. The number of halogens is 6. The molecular weight excluding hydrogens is 1670 g/mol. The van der Waals surface area contributed by atoms with E-state index in [0.29, 0.717) is 129 Å². The number of rotatable bonds is 21. The van der Waals surface area contributed by atoms with Crippen molar-refractivity contribution in [2.45, 2.75) is 188 Å². The summed E-state index contributed by atoms with van der Waals surface area (Å²) in [6.45, 7) is 6.22. The van der Waals surface area contributed by atoms with Crippen LogP contribution in [-0.4, -0.2) is 251 Å². The van der Waals surface area contributed by atoms with Crippen molar-refractivity contribution >= 4 is 97.5 Å². The van der Waals surface area contributed by atoms with Gasteiger partial charge in [0.25, 0.3) is 30.6 Å². The van der Waals surface area contributed by atoms with Gasteiger partial charge in [-0.2, -0.15) is 20.4 Å². The van der Waals surface area contributed by atoms with Gasteiger partial charge < -0.3 is 44.4 Å². The topological polar surface area (TPSA) is 348 Å². The molecule has 3 saturated carbocycles. The molecule has 6 amide bonds. The first-order valence-electron chi connectivity index (χ1n) is 44.7. The number of piperazine rings is 1. The molecule has 9 saturated heterocycles. The van der Waals surface area contributed by atoms with E-state index in [-0.39, 0.29) is 163 Å². The molecule has 3 aliphatic carbocycles. The summed E-state index contributed by atoms with van der Waals surface area (Å²) in [6, 6.07) is 12.1. The fourth-order valence-corrected chi connectivity index (χ4v) is 23.3. The lowest BCUT2D eigenvalue weighted by molar-refractivity contribution is -0.181. The summed E-state index contributed by atoms with van der Waals surface area (Å²) in [4.78, 5) is 129. The number of carbonyl (C=O) groups is 6. The van der Waals surface area contributed by atoms with E-state index in [4.69, 9.17) is 24.2 Å². The number of piperidine rings is 3. The Balaban J connectivity index is 0.463. The molecular formula is C87H98F6N24O11. The molecule has 9 aliphatic heterocycles. The third-order valence-corrected chi connectivity index (χ3v) is 30.1. The third-order valence-electron chi connectivity index (χ3n) is 30.1. The van der Waals surface area contributed by atoms with E-state index in [1.807, 2.05) is 34.1 Å². The van der Waals surface area contributed by atoms with Crippen LogP contribution >= 0.6 is 0 Å². The number of nitrogens with one attached hydrogen (secondary N) is 4. The molecule has 4 unspecified atom stereocenters. The van der Waals surface area contributed by atoms with E-state index >= 15 is 26.3 Å². The summed E-state index contributed by atoms with van der Waals surface area (Å²) in [5, 5.41) is 27.9. The average molecular weight is 1770 g/mol. The van der Waals surface area contributed by atoms with Gasteiger partial charge >= 0.3 is 11.4 Å². The van der Waals surface area contributed by atoms with E-state index in [1.54, 1.807) is 55.4 Å². The van der Waals surface area contributed by atoms with Gasteiger partial charge in [-0.25, -0.2) is 54.9 Å². The van der Waals surface area contributed by atoms with E-state index < -0.39 is 89.4 Å². The molecule has 8 aromatic heterocycles. The summed E-state index contributed by atoms with van der Waals surface area (Å²) >= 11 is 0. The zero-order valence-electron chi connectivity index (χ0n) is 70.5. The first-order valence-corrected chi connectivity index (χ1v) is 44.7. The number of anilines is 5. The Morgan fingerprint density at radius 2 is 1.19 bits per heavy atom. The number of nitrogens with zero attached hydrogens (tertiary/aromatic N) is 20. The minimum Gasteiger partial charge on any atom is -0.488 e. The van der Waals surface area contributed by atoms with Gasteiger partial charge in [-0.3, -0.25) is 76.8 Å². The highest BCUT2D eigenvalue weighted by atomic mass is 19.3. The van der Waals surface area contributed by atoms with Crippen LogP contribution in [0.3, 0.4) is 0 Å². The third kappa shape index (κ3) is 14.2. The number of carbonyl (C=O) groups excluding carboxylic acids is 6. The lowest BCUT2D eigenvalue weighted by atomic mass is 9.68. The van der Waals surface area contributed by atoms with Crippen molar-refractivity contribution in [3.63, 3.8) is 0 Å². The molecule has 22 rings (SSSR count). The number of amides is 6. The number of alkyl halides is 6. The van der Waals surface area contributed by atoms with E-state index in [2.05, 4.69) is 61.3 Å². The number of likely N-dealkylation sites (tertiary alicyclic amines) is 1. The maximum absolute atomic E-state index is 16.6. The van der Waals surface area contributed by atoms with Crippen molar-refractivity contribution in [3.05, 3.63) is 129 Å². The lowest BCUT2D eigenvalue weighted by Gasteiger charge is -2.58. The smallest absolute Gasteiger partial charge is 0.329 e. The van der Waals surface area contributed by atoms with Crippen LogP contribution in [0.15, 0.2) is 95.3 Å². The molecule has 4 bridgehead atoms. The molecule has 41 heteroatoms. The maximum atomic E-state index is 16.6. The Morgan fingerprint density at radius 3 is 1.77 bits per heavy atom. The Hall–Kier alpha value is -11.6. The Kier molecular flexibility index (Phi) is 20.3. The molecule has 2 aromatic carbocycles. The van der Waals surface area contributed by atoms with Crippen LogP contribution in [0.2, 0.25) is 0 Å². The van der Waals surface area contributed by atoms with Crippen LogP contribution in [0.4, 0.5) is 55.0 Å². The first-order chi connectivity index (χ1) is 61.8. The number of para-hydroxylation sites is 2. The van der Waals surface area contributed by atoms with Gasteiger partial charge in [0.2, 0.25) is 23.6 Å². The molecule has 674 valence electrons. The zero-order chi connectivity index (χ0) is 87.8. The molecule has 1 spiro atoms. The van der Waals surface area contributed by atoms with Crippen LogP contribution < -0.4 is 52.1 Å². The average Bonchev–Trinajstić information content (AvgIpc) is 1.42. The molecule has 0 radical (unpaired) electrons. The van der Waals surface area contributed by atoms with Gasteiger partial charge in [-0.1, -0.05) is 12.1 Å². The number of aryl methyl sites for hydroxylation is 2. The number of ether oxygens (including phenoxy) is 3. The minimum atomic E-state index is -3.06. The molecule has 128 heavy (non-hydrogen) atoms. The number of imidazole rings is 2. The van der Waals surface area contributed by atoms with E-state index in [9.17, 15) is 38.4 Å². The summed E-state index contributed by atoms with van der Waals surface area (Å²) < 4.78 is 126. The van der Waals surface area contributed by atoms with Crippen molar-refractivity contribution in [1.29, 1.82) is 0 Å². The van der Waals surface area contributed by atoms with Crippen LogP contribution in [0, 0.1) is 23.2 Å². The fraction of sp³-hybridized carbons (Fsp3) is 0.563. The second kappa shape index (κ2) is 31.7. The Morgan fingerprint density at radius 1 is 0.602 bits per heavy atom. The number of hydrogen-bond donors (Lipinski definition) is 4. The summed E-state index contributed by atoms with van der Waals surface area (Å²) in [5.74, 6) is -4.56. The van der Waals surface area contributed by atoms with Gasteiger partial charge in [-0.15, -0.1) is 0 Å². The number of imide groups is 2. The normalized spacial score (nSPS) is 28.5. The van der Waals surface area contributed by atoms with Gasteiger partial charge in [-0.05, 0) is 138 Å². The monoisotopic (exact) mass is 1770 g/mol. The number of benzene rings is 2. The van der Waals surface area contributed by atoms with E-state index in [1.165, 1.54) is 56.8 Å². The lowest BCUT2D eigenvalue weighted by Crippen LogP contribution is -2.70. The van der Waals surface area contributed by atoms with Gasteiger partial charge in [0.15, 0.2) is 22.7 Å². The molecule has 4 N–H and O–H groups in total. The highest BCUT2D eigenvalue weighted by Crippen LogP contribution is 2.54. The second-order valence-electron chi connectivity index (χ2n) is 37.4. The summed E-state index contributed by atoms with van der Waals surface area (Å²) in [5.41, 5.74) is -0.252. The van der Waals surface area contributed by atoms with Crippen molar-refractivity contribution in [2.75, 3.05) is 110 Å². The SMILES string of the molecule is Cn1c(=O)n(C2CCC(=O)NC2=O)c2cccc(OC3CC(N4CCN(C[C@@H]5CC[C@@H](n6cc(NC(=O)c7cnn8ccc(N9C[C@H]%10C[C@@H]9CO%10)nc78)c(C(F)F)n6)CC5C5O[C@@H]6C[C@H]5N(c5ccn7ncc(C(=O)Nc8cn([C@H]9CC[C@H](CN%10CCC%11(CN(c%12cccc%13c%12n(C)c(=O)n%13C%12CCC(=O)NC%12=O)C%11)C(F)(F)C%10)CC9)nc8C(F)F)c7n5)C6)CC4)C3)c21. The predicted octanol–water partition coefficient (Wildman–Crippen LogP) is 7.59. The van der Waals surface area contributed by atoms with Gasteiger partial charge in [0.05, 0.1) is 107 Å². The second-order valence-corrected chi connectivity index (χ2v) is 37.4. The molecule has 12 aliphatic rings. The van der Waals surface area contributed by atoms with Crippen LogP contribution in [0.1, 0.15) is 172 Å². The van der Waals surface area contributed by atoms with Crippen LogP contribution in [-0.2, 0) is 42.7 Å². The predicted molar refractivity (Wildman–Crippen MR) is 450 cm³/mol. The van der Waals surface area contributed by atoms with Crippen molar-refractivity contribution < 1.29 is 69.3 Å². The highest BCUT2D eigenvalue weighted by molar-refractivity contribution is 6.09. The summed E-state index contributed by atoms with van der Waals surface area (Å²) in [7, 11) is 3.25. The number of morpholine rings is 2. The molecule has 17 heterocycles. The first kappa shape index (κ1) is 82.1. The summed E-state index contributed by atoms with van der Waals surface area (Å²) in [6.07, 6.45) is 10.4. The van der Waals surface area contributed by atoms with Crippen molar-refractivity contribution in [3.8, 4) is 5.75 Å². The minimum absolute atomic E-state index is 0.0258. The Labute approximate surface area is 726 Å². The van der Waals surface area contributed by atoms with Crippen LogP contribution in [0.5, 0.6) is 5.75 Å². The quantitative estimate of drug-likeness (QED) is 0.0397.